The van der Waals surface area contributed by atoms with Crippen molar-refractivity contribution in [1.82, 2.24) is 0 Å². The Morgan fingerprint density at radius 3 is 2.48 bits per heavy atom. The minimum absolute atomic E-state index is 0.0543. The second-order valence-electron chi connectivity index (χ2n) is 9.91. The average molecular weight is 595 g/mol. The highest BCUT2D eigenvalue weighted by Crippen LogP contribution is 2.45. The van der Waals surface area contributed by atoms with E-state index < -0.39 is 11.9 Å². The Kier molecular flexibility index (Phi) is 9.31. The van der Waals surface area contributed by atoms with Gasteiger partial charge in [0.05, 0.1) is 19.1 Å². The molecule has 0 radical (unpaired) electrons. The van der Waals surface area contributed by atoms with Crippen LogP contribution in [0.1, 0.15) is 53.2 Å². The van der Waals surface area contributed by atoms with E-state index in [1.165, 1.54) is 12.1 Å². The first-order valence-corrected chi connectivity index (χ1v) is 14.2. The van der Waals surface area contributed by atoms with Crippen LogP contribution in [0.2, 0.25) is 0 Å². The topological polar surface area (TPSA) is 113 Å². The Balaban J connectivity index is 1.43. The molecule has 8 nitrogen and oxygen atoms in total. The third-order valence-corrected chi connectivity index (χ3v) is 6.88. The molecule has 5 rings (SSSR count). The van der Waals surface area contributed by atoms with Gasteiger partial charge in [0.1, 0.15) is 46.9 Å². The number of benzene rings is 4. The van der Waals surface area contributed by atoms with Crippen LogP contribution in [0.25, 0.3) is 0 Å². The fraction of sp³-hybridized carbons (Fsp3) is 0.200. The van der Waals surface area contributed by atoms with Crippen molar-refractivity contribution in [2.75, 3.05) is 13.2 Å². The van der Waals surface area contributed by atoms with E-state index >= 15 is 0 Å². The van der Waals surface area contributed by atoms with E-state index in [1.54, 1.807) is 66.7 Å². The molecular weight excluding hydrogens is 563 g/mol. The normalized spacial score (nSPS) is 13.7. The number of hydrogen-bond acceptors (Lipinski definition) is 8. The van der Waals surface area contributed by atoms with Gasteiger partial charge in [-0.3, -0.25) is 0 Å². The van der Waals surface area contributed by atoms with Crippen LogP contribution >= 0.6 is 0 Å². The van der Waals surface area contributed by atoms with Gasteiger partial charge in [-0.2, -0.15) is 5.26 Å². The Morgan fingerprint density at radius 1 is 0.932 bits per heavy atom. The Morgan fingerprint density at radius 2 is 1.73 bits per heavy atom. The Hall–Kier alpha value is -5.49. The number of esters is 1. The number of allylic oxidation sites excluding steroid dienone is 1. The largest absolute Gasteiger partial charge is 0.493 e. The van der Waals surface area contributed by atoms with Crippen molar-refractivity contribution >= 4 is 5.97 Å². The number of halogens is 1. The number of nitrogens with zero attached hydrogens (tertiary/aromatic N) is 1. The summed E-state index contributed by atoms with van der Waals surface area (Å²) >= 11 is 0. The zero-order valence-electron chi connectivity index (χ0n) is 24.3. The van der Waals surface area contributed by atoms with Crippen LogP contribution in [0.15, 0.2) is 96.4 Å². The van der Waals surface area contributed by atoms with Crippen molar-refractivity contribution in [1.29, 1.82) is 5.26 Å². The van der Waals surface area contributed by atoms with Gasteiger partial charge in [-0.05, 0) is 66.9 Å². The maximum absolute atomic E-state index is 13.3. The Labute approximate surface area is 255 Å². The minimum atomic E-state index is -0.581. The van der Waals surface area contributed by atoms with Crippen molar-refractivity contribution in [3.05, 3.63) is 124 Å². The number of rotatable bonds is 11. The SMILES string of the molecule is CCCOc1ccccc1C(=O)Oc1ccc2c(c1)OC(N)=C(C#N)C2c1ccc(OCc2ccc(F)cc2)c(OCC)c1. The van der Waals surface area contributed by atoms with E-state index in [0.29, 0.717) is 47.3 Å². The smallest absolute Gasteiger partial charge is 0.347 e. The number of hydrogen-bond donors (Lipinski definition) is 1. The summed E-state index contributed by atoms with van der Waals surface area (Å²) in [4.78, 5) is 13.0. The van der Waals surface area contributed by atoms with Crippen LogP contribution in [0.5, 0.6) is 28.7 Å². The molecule has 0 amide bonds. The van der Waals surface area contributed by atoms with Crippen molar-refractivity contribution in [2.45, 2.75) is 32.8 Å². The van der Waals surface area contributed by atoms with Crippen LogP contribution in [0.3, 0.4) is 0 Å². The lowest BCUT2D eigenvalue weighted by molar-refractivity contribution is 0.0730. The summed E-state index contributed by atoms with van der Waals surface area (Å²) in [6.07, 6.45) is 0.796. The second kappa shape index (κ2) is 13.7. The fourth-order valence-electron chi connectivity index (χ4n) is 4.81. The van der Waals surface area contributed by atoms with Crippen LogP contribution in [-0.2, 0) is 6.61 Å². The molecule has 224 valence electrons. The van der Waals surface area contributed by atoms with Gasteiger partial charge in [0.2, 0.25) is 5.88 Å². The summed E-state index contributed by atoms with van der Waals surface area (Å²) in [6.45, 7) is 4.90. The number of fused-ring (bicyclic) bond motifs is 1. The van der Waals surface area contributed by atoms with Gasteiger partial charge >= 0.3 is 5.97 Å². The molecule has 1 aliphatic rings. The summed E-state index contributed by atoms with van der Waals surface area (Å²) in [7, 11) is 0. The highest BCUT2D eigenvalue weighted by molar-refractivity contribution is 5.94. The van der Waals surface area contributed by atoms with Crippen molar-refractivity contribution in [3.63, 3.8) is 0 Å². The molecule has 1 heterocycles. The van der Waals surface area contributed by atoms with Gasteiger partial charge in [-0.1, -0.05) is 43.3 Å². The van der Waals surface area contributed by atoms with Crippen LogP contribution < -0.4 is 29.4 Å². The molecule has 9 heteroatoms. The van der Waals surface area contributed by atoms with Gasteiger partial charge in [0.25, 0.3) is 0 Å². The monoisotopic (exact) mass is 594 g/mol. The molecule has 0 fully saturated rings. The van der Waals surface area contributed by atoms with Crippen LogP contribution in [-0.4, -0.2) is 19.2 Å². The first-order chi connectivity index (χ1) is 21.4. The molecule has 4 aromatic rings. The van der Waals surface area contributed by atoms with Gasteiger partial charge in [-0.15, -0.1) is 0 Å². The first kappa shape index (κ1) is 30.0. The zero-order valence-corrected chi connectivity index (χ0v) is 24.3. The maximum atomic E-state index is 13.3. The molecule has 2 N–H and O–H groups in total. The molecule has 0 saturated carbocycles. The predicted molar refractivity (Wildman–Crippen MR) is 161 cm³/mol. The number of nitriles is 1. The van der Waals surface area contributed by atoms with Gasteiger partial charge in [0, 0.05) is 11.6 Å². The predicted octanol–water partition coefficient (Wildman–Crippen LogP) is 7.03. The average Bonchev–Trinajstić information content (AvgIpc) is 3.03. The number of para-hydroxylation sites is 1. The highest BCUT2D eigenvalue weighted by atomic mass is 19.1. The molecule has 0 aliphatic carbocycles. The number of nitrogens with two attached hydrogens (primary N) is 1. The molecule has 1 atom stereocenters. The summed E-state index contributed by atoms with van der Waals surface area (Å²) in [5, 5.41) is 10.0. The molecule has 0 bridgehead atoms. The molecular formula is C35H31FN2O6. The van der Waals surface area contributed by atoms with Gasteiger partial charge in [-0.25, -0.2) is 9.18 Å². The second-order valence-corrected chi connectivity index (χ2v) is 9.91. The first-order valence-electron chi connectivity index (χ1n) is 14.2. The molecule has 0 aromatic heterocycles. The Bertz CT molecular complexity index is 1730. The standard InChI is InChI=1S/C35H31FN2O6/c1-3-17-41-29-8-6-5-7-27(29)35(39)43-25-14-15-26-31(19-25)44-34(38)28(20-37)33(26)23-11-16-30(32(18-23)40-4-2)42-21-22-9-12-24(36)13-10-22/h5-16,18-19,33H,3-4,17,21,38H2,1-2H3. The third kappa shape index (κ3) is 6.60. The third-order valence-electron chi connectivity index (χ3n) is 6.88. The highest BCUT2D eigenvalue weighted by Gasteiger charge is 2.32. The van der Waals surface area contributed by atoms with Crippen LogP contribution in [0, 0.1) is 17.1 Å². The van der Waals surface area contributed by atoms with E-state index in [-0.39, 0.29) is 29.6 Å². The van der Waals surface area contributed by atoms with E-state index in [4.69, 9.17) is 29.4 Å². The van der Waals surface area contributed by atoms with E-state index in [1.807, 2.05) is 19.9 Å². The molecule has 44 heavy (non-hydrogen) atoms. The lowest BCUT2D eigenvalue weighted by atomic mass is 9.83. The summed E-state index contributed by atoms with van der Waals surface area (Å²) in [5.74, 6) is 0.463. The quantitative estimate of drug-likeness (QED) is 0.145. The lowest BCUT2D eigenvalue weighted by Crippen LogP contribution is -2.21. The van der Waals surface area contributed by atoms with E-state index in [9.17, 15) is 14.4 Å². The number of carbonyl (C=O) groups excluding carboxylic acids is 1. The molecule has 1 unspecified atom stereocenters. The summed E-state index contributed by atoms with van der Waals surface area (Å²) in [6, 6.07) is 25.5. The summed E-state index contributed by atoms with van der Waals surface area (Å²) in [5.41, 5.74) is 8.92. The van der Waals surface area contributed by atoms with Crippen molar-refractivity contribution in [2.24, 2.45) is 5.73 Å². The molecule has 0 spiro atoms. The maximum Gasteiger partial charge on any atom is 0.347 e. The molecule has 1 aliphatic heterocycles. The van der Waals surface area contributed by atoms with E-state index in [0.717, 1.165) is 17.5 Å². The summed E-state index contributed by atoms with van der Waals surface area (Å²) < 4.78 is 42.4. The fourth-order valence-corrected chi connectivity index (χ4v) is 4.81. The lowest BCUT2D eigenvalue weighted by Gasteiger charge is -2.27. The number of carbonyl (C=O) groups is 1. The minimum Gasteiger partial charge on any atom is -0.493 e. The number of ether oxygens (including phenoxy) is 5. The van der Waals surface area contributed by atoms with E-state index in [2.05, 4.69) is 6.07 Å². The van der Waals surface area contributed by atoms with Gasteiger partial charge < -0.3 is 29.4 Å². The zero-order chi connectivity index (χ0) is 31.1. The molecule has 0 saturated heterocycles. The van der Waals surface area contributed by atoms with Crippen molar-refractivity contribution in [3.8, 4) is 34.8 Å². The van der Waals surface area contributed by atoms with Crippen LogP contribution in [0.4, 0.5) is 4.39 Å². The van der Waals surface area contributed by atoms with Crippen molar-refractivity contribution < 1.29 is 32.9 Å². The van der Waals surface area contributed by atoms with Gasteiger partial charge in [0.15, 0.2) is 11.5 Å². The molecule has 4 aromatic carbocycles.